The quantitative estimate of drug-likeness (QED) is 0.698. The predicted octanol–water partition coefficient (Wildman–Crippen LogP) is 1.92. The summed E-state index contributed by atoms with van der Waals surface area (Å²) in [7, 11) is 4.12. The molecule has 0 radical (unpaired) electrons. The van der Waals surface area contributed by atoms with Crippen LogP contribution in [0.2, 0.25) is 0 Å². The van der Waals surface area contributed by atoms with Crippen molar-refractivity contribution in [2.24, 2.45) is 0 Å². The van der Waals surface area contributed by atoms with E-state index < -0.39 is 0 Å². The van der Waals surface area contributed by atoms with Crippen LogP contribution in [0.4, 0.5) is 0 Å². The molecule has 0 atom stereocenters. The van der Waals surface area contributed by atoms with Crippen molar-refractivity contribution in [2.45, 2.75) is 13.3 Å². The normalized spacial score (nSPS) is 10.8. The van der Waals surface area contributed by atoms with Gasteiger partial charge in [0.1, 0.15) is 12.4 Å². The SMILES string of the molecule is CNCCCN(C)CCOc1cccc(C)c1. The lowest BCUT2D eigenvalue weighted by Crippen LogP contribution is -2.27. The highest BCUT2D eigenvalue weighted by molar-refractivity contribution is 5.27. The number of ether oxygens (including phenoxy) is 1. The van der Waals surface area contributed by atoms with Crippen LogP contribution >= 0.6 is 0 Å². The van der Waals surface area contributed by atoms with Gasteiger partial charge in [-0.15, -0.1) is 0 Å². The van der Waals surface area contributed by atoms with Crippen LogP contribution in [0, 0.1) is 6.92 Å². The molecule has 1 N–H and O–H groups in total. The van der Waals surface area contributed by atoms with Gasteiger partial charge in [-0.3, -0.25) is 0 Å². The zero-order chi connectivity index (χ0) is 12.5. The van der Waals surface area contributed by atoms with Crippen molar-refractivity contribution in [2.75, 3.05) is 40.3 Å². The standard InChI is InChI=1S/C14H24N2O/c1-13-6-4-7-14(12-13)17-11-10-16(3)9-5-8-15-2/h4,6-7,12,15H,5,8-11H2,1-3H3. The van der Waals surface area contributed by atoms with Gasteiger partial charge in [-0.2, -0.15) is 0 Å². The molecule has 0 aliphatic rings. The van der Waals surface area contributed by atoms with Crippen LogP contribution < -0.4 is 10.1 Å². The van der Waals surface area contributed by atoms with Crippen LogP contribution in [0.5, 0.6) is 5.75 Å². The minimum Gasteiger partial charge on any atom is -0.492 e. The molecule has 96 valence electrons. The van der Waals surface area contributed by atoms with Gasteiger partial charge in [0.15, 0.2) is 0 Å². The lowest BCUT2D eigenvalue weighted by atomic mass is 10.2. The average Bonchev–Trinajstić information content (AvgIpc) is 2.29. The molecular formula is C14H24N2O. The average molecular weight is 236 g/mol. The van der Waals surface area contributed by atoms with E-state index in [-0.39, 0.29) is 0 Å². The summed E-state index contributed by atoms with van der Waals surface area (Å²) >= 11 is 0. The molecule has 0 unspecified atom stereocenters. The molecule has 3 nitrogen and oxygen atoms in total. The van der Waals surface area contributed by atoms with E-state index in [4.69, 9.17) is 4.74 Å². The highest BCUT2D eigenvalue weighted by atomic mass is 16.5. The number of hydrogen-bond acceptors (Lipinski definition) is 3. The fourth-order valence-corrected chi connectivity index (χ4v) is 1.66. The van der Waals surface area contributed by atoms with Crippen LogP contribution in [-0.4, -0.2) is 45.2 Å². The molecule has 1 rings (SSSR count). The molecule has 0 aliphatic heterocycles. The van der Waals surface area contributed by atoms with Gasteiger partial charge in [0.25, 0.3) is 0 Å². The van der Waals surface area contributed by atoms with Crippen LogP contribution in [0.25, 0.3) is 0 Å². The fraction of sp³-hybridized carbons (Fsp3) is 0.571. The molecule has 0 amide bonds. The van der Waals surface area contributed by atoms with Gasteiger partial charge < -0.3 is 15.0 Å². The van der Waals surface area contributed by atoms with Crippen molar-refractivity contribution in [1.29, 1.82) is 0 Å². The summed E-state index contributed by atoms with van der Waals surface area (Å²) in [6, 6.07) is 8.19. The van der Waals surface area contributed by atoms with E-state index in [1.165, 1.54) is 12.0 Å². The number of hydrogen-bond donors (Lipinski definition) is 1. The summed E-state index contributed by atoms with van der Waals surface area (Å²) in [6.07, 6.45) is 1.18. The summed E-state index contributed by atoms with van der Waals surface area (Å²) in [5, 5.41) is 3.15. The highest BCUT2D eigenvalue weighted by Crippen LogP contribution is 2.11. The van der Waals surface area contributed by atoms with E-state index in [9.17, 15) is 0 Å². The van der Waals surface area contributed by atoms with Crippen molar-refractivity contribution in [3.8, 4) is 5.75 Å². The van der Waals surface area contributed by atoms with Crippen LogP contribution in [0.15, 0.2) is 24.3 Å². The van der Waals surface area contributed by atoms with Gasteiger partial charge in [0.2, 0.25) is 0 Å². The summed E-state index contributed by atoms with van der Waals surface area (Å²) < 4.78 is 5.71. The summed E-state index contributed by atoms with van der Waals surface area (Å²) in [5.41, 5.74) is 1.24. The van der Waals surface area contributed by atoms with Gasteiger partial charge >= 0.3 is 0 Å². The Bertz CT molecular complexity index is 315. The Morgan fingerprint density at radius 3 is 2.82 bits per heavy atom. The number of nitrogens with zero attached hydrogens (tertiary/aromatic N) is 1. The second-order valence-corrected chi connectivity index (χ2v) is 4.43. The number of likely N-dealkylation sites (N-methyl/N-ethyl adjacent to an activating group) is 1. The number of nitrogens with one attached hydrogen (secondary N) is 1. The van der Waals surface area contributed by atoms with Crippen molar-refractivity contribution in [1.82, 2.24) is 10.2 Å². The zero-order valence-electron chi connectivity index (χ0n) is 11.2. The lowest BCUT2D eigenvalue weighted by molar-refractivity contribution is 0.236. The van der Waals surface area contributed by atoms with Crippen molar-refractivity contribution in [3.05, 3.63) is 29.8 Å². The molecule has 0 saturated carbocycles. The molecule has 1 aromatic carbocycles. The first kappa shape index (κ1) is 14.0. The van der Waals surface area contributed by atoms with E-state index in [1.54, 1.807) is 0 Å². The van der Waals surface area contributed by atoms with Crippen molar-refractivity contribution in [3.63, 3.8) is 0 Å². The first-order chi connectivity index (χ1) is 8.22. The third kappa shape index (κ3) is 6.29. The second kappa shape index (κ2) is 8.09. The van der Waals surface area contributed by atoms with Crippen LogP contribution in [0.3, 0.4) is 0 Å². The van der Waals surface area contributed by atoms with Gasteiger partial charge in [0, 0.05) is 6.54 Å². The van der Waals surface area contributed by atoms with Crippen LogP contribution in [-0.2, 0) is 0 Å². The number of benzene rings is 1. The van der Waals surface area contributed by atoms with Gasteiger partial charge in [-0.25, -0.2) is 0 Å². The summed E-state index contributed by atoms with van der Waals surface area (Å²) in [6.45, 7) is 5.98. The predicted molar refractivity (Wildman–Crippen MR) is 72.7 cm³/mol. The maximum atomic E-state index is 5.71. The highest BCUT2D eigenvalue weighted by Gasteiger charge is 1.99. The number of aryl methyl sites for hydroxylation is 1. The number of rotatable bonds is 8. The molecule has 0 heterocycles. The largest absolute Gasteiger partial charge is 0.492 e. The molecule has 1 aromatic rings. The molecule has 17 heavy (non-hydrogen) atoms. The lowest BCUT2D eigenvalue weighted by Gasteiger charge is -2.16. The Kier molecular flexibility index (Phi) is 6.67. The molecule has 0 aliphatic carbocycles. The molecular weight excluding hydrogens is 212 g/mol. The molecule has 3 heteroatoms. The summed E-state index contributed by atoms with van der Waals surface area (Å²) in [4.78, 5) is 2.30. The van der Waals surface area contributed by atoms with E-state index in [0.717, 1.165) is 32.0 Å². The van der Waals surface area contributed by atoms with Gasteiger partial charge in [-0.05, 0) is 58.2 Å². The van der Waals surface area contributed by atoms with E-state index >= 15 is 0 Å². The fourth-order valence-electron chi connectivity index (χ4n) is 1.66. The maximum Gasteiger partial charge on any atom is 0.119 e. The topological polar surface area (TPSA) is 24.5 Å². The molecule has 0 fully saturated rings. The van der Waals surface area contributed by atoms with E-state index in [2.05, 4.69) is 36.3 Å². The maximum absolute atomic E-state index is 5.71. The first-order valence-electron chi connectivity index (χ1n) is 6.25. The Morgan fingerprint density at radius 1 is 1.29 bits per heavy atom. The Morgan fingerprint density at radius 2 is 2.12 bits per heavy atom. The minimum atomic E-state index is 0.750. The molecule has 0 bridgehead atoms. The van der Waals surface area contributed by atoms with Gasteiger partial charge in [-0.1, -0.05) is 12.1 Å². The third-order valence-electron chi connectivity index (χ3n) is 2.70. The minimum absolute atomic E-state index is 0.750. The Hall–Kier alpha value is -1.06. The van der Waals surface area contributed by atoms with Crippen LogP contribution in [0.1, 0.15) is 12.0 Å². The smallest absolute Gasteiger partial charge is 0.119 e. The van der Waals surface area contributed by atoms with E-state index in [1.807, 2.05) is 19.2 Å². The Labute approximate surface area is 105 Å². The Balaban J connectivity index is 2.14. The third-order valence-corrected chi connectivity index (χ3v) is 2.70. The summed E-state index contributed by atoms with van der Waals surface area (Å²) in [5.74, 6) is 0.966. The molecule has 0 saturated heterocycles. The molecule has 0 spiro atoms. The monoisotopic (exact) mass is 236 g/mol. The second-order valence-electron chi connectivity index (χ2n) is 4.43. The first-order valence-corrected chi connectivity index (χ1v) is 6.25. The van der Waals surface area contributed by atoms with E-state index in [0.29, 0.717) is 0 Å². The zero-order valence-corrected chi connectivity index (χ0v) is 11.2. The molecule has 0 aromatic heterocycles. The van der Waals surface area contributed by atoms with Gasteiger partial charge in [0.05, 0.1) is 0 Å². The van der Waals surface area contributed by atoms with Crippen molar-refractivity contribution >= 4 is 0 Å². The van der Waals surface area contributed by atoms with Crippen molar-refractivity contribution < 1.29 is 4.74 Å².